The van der Waals surface area contributed by atoms with Gasteiger partial charge in [-0.2, -0.15) is 0 Å². The second-order valence-electron chi connectivity index (χ2n) is 3.95. The highest BCUT2D eigenvalue weighted by molar-refractivity contribution is 4.72. The molecule has 0 aliphatic rings. The van der Waals surface area contributed by atoms with E-state index < -0.39 is 5.60 Å². The zero-order chi connectivity index (χ0) is 10.3. The van der Waals surface area contributed by atoms with Gasteiger partial charge in [-0.05, 0) is 27.2 Å². The summed E-state index contributed by atoms with van der Waals surface area (Å²) in [4.78, 5) is 0. The van der Waals surface area contributed by atoms with E-state index in [0.29, 0.717) is 13.2 Å². The highest BCUT2D eigenvalue weighted by Crippen LogP contribution is 2.05. The van der Waals surface area contributed by atoms with E-state index in [0.717, 1.165) is 13.0 Å². The molecule has 80 valence electrons. The van der Waals surface area contributed by atoms with Gasteiger partial charge in [0.25, 0.3) is 0 Å². The maximum Gasteiger partial charge on any atom is 0.0741 e. The summed E-state index contributed by atoms with van der Waals surface area (Å²) < 4.78 is 5.35. The van der Waals surface area contributed by atoms with E-state index in [-0.39, 0.29) is 6.10 Å². The fourth-order valence-corrected chi connectivity index (χ4v) is 0.849. The van der Waals surface area contributed by atoms with Gasteiger partial charge >= 0.3 is 0 Å². The summed E-state index contributed by atoms with van der Waals surface area (Å²) in [5.41, 5.74) is -0.585. The van der Waals surface area contributed by atoms with Crippen molar-refractivity contribution in [3.8, 4) is 0 Å². The van der Waals surface area contributed by atoms with E-state index in [1.165, 1.54) is 0 Å². The van der Waals surface area contributed by atoms with E-state index in [1.54, 1.807) is 0 Å². The van der Waals surface area contributed by atoms with E-state index in [9.17, 15) is 5.11 Å². The minimum absolute atomic E-state index is 0.286. The Bertz CT molecular complexity index is 124. The molecule has 0 saturated heterocycles. The van der Waals surface area contributed by atoms with Gasteiger partial charge in [0, 0.05) is 13.1 Å². The van der Waals surface area contributed by atoms with Crippen LogP contribution in [0, 0.1) is 0 Å². The van der Waals surface area contributed by atoms with Gasteiger partial charge in [0.15, 0.2) is 0 Å². The summed E-state index contributed by atoms with van der Waals surface area (Å²) in [7, 11) is 0. The smallest absolute Gasteiger partial charge is 0.0741 e. The summed E-state index contributed by atoms with van der Waals surface area (Å²) in [6.45, 7) is 9.98. The third-order valence-corrected chi connectivity index (χ3v) is 2.00. The lowest BCUT2D eigenvalue weighted by Crippen LogP contribution is -2.38. The number of ether oxygens (including phenoxy) is 1. The topological polar surface area (TPSA) is 41.5 Å². The van der Waals surface area contributed by atoms with Crippen LogP contribution in [0.5, 0.6) is 0 Å². The van der Waals surface area contributed by atoms with E-state index in [1.807, 2.05) is 27.7 Å². The molecule has 3 heteroatoms. The summed E-state index contributed by atoms with van der Waals surface area (Å²) in [5.74, 6) is 0. The quantitative estimate of drug-likeness (QED) is 0.591. The lowest BCUT2D eigenvalue weighted by Gasteiger charge is -2.21. The van der Waals surface area contributed by atoms with Crippen LogP contribution in [-0.4, -0.2) is 36.5 Å². The summed E-state index contributed by atoms with van der Waals surface area (Å²) in [6, 6.07) is 0. The molecule has 1 atom stereocenters. The van der Waals surface area contributed by atoms with Gasteiger partial charge in [-0.15, -0.1) is 0 Å². The second-order valence-corrected chi connectivity index (χ2v) is 3.95. The fourth-order valence-electron chi connectivity index (χ4n) is 0.849. The largest absolute Gasteiger partial charge is 0.389 e. The highest BCUT2D eigenvalue weighted by atomic mass is 16.5. The average Bonchev–Trinajstić information content (AvgIpc) is 2.03. The minimum Gasteiger partial charge on any atom is -0.389 e. The molecule has 0 saturated carbocycles. The standard InChI is InChI=1S/C10H23NO2/c1-5-10(4,12)8-11-6-7-13-9(2)3/h9,11-12H,5-8H2,1-4H3. The zero-order valence-electron chi connectivity index (χ0n) is 9.26. The molecule has 0 aliphatic carbocycles. The van der Waals surface area contributed by atoms with Gasteiger partial charge in [0.05, 0.1) is 18.3 Å². The second kappa shape index (κ2) is 6.35. The lowest BCUT2D eigenvalue weighted by molar-refractivity contribution is 0.0472. The molecule has 13 heavy (non-hydrogen) atoms. The van der Waals surface area contributed by atoms with Crippen LogP contribution in [0.1, 0.15) is 34.1 Å². The fraction of sp³-hybridized carbons (Fsp3) is 1.00. The van der Waals surface area contributed by atoms with Gasteiger partial charge in [0.2, 0.25) is 0 Å². The minimum atomic E-state index is -0.585. The van der Waals surface area contributed by atoms with Crippen LogP contribution in [0.15, 0.2) is 0 Å². The first kappa shape index (κ1) is 12.9. The van der Waals surface area contributed by atoms with Gasteiger partial charge in [-0.3, -0.25) is 0 Å². The molecule has 0 heterocycles. The molecular formula is C10H23NO2. The van der Waals surface area contributed by atoms with Crippen LogP contribution < -0.4 is 5.32 Å². The van der Waals surface area contributed by atoms with Crippen molar-refractivity contribution in [2.45, 2.75) is 45.8 Å². The van der Waals surface area contributed by atoms with Crippen molar-refractivity contribution in [3.05, 3.63) is 0 Å². The van der Waals surface area contributed by atoms with Crippen LogP contribution in [0.4, 0.5) is 0 Å². The molecule has 0 spiro atoms. The van der Waals surface area contributed by atoms with Crippen LogP contribution in [-0.2, 0) is 4.74 Å². The van der Waals surface area contributed by atoms with E-state index >= 15 is 0 Å². The third-order valence-electron chi connectivity index (χ3n) is 2.00. The van der Waals surface area contributed by atoms with Crippen molar-refractivity contribution in [1.82, 2.24) is 5.32 Å². The van der Waals surface area contributed by atoms with Crippen molar-refractivity contribution >= 4 is 0 Å². The molecule has 0 aromatic carbocycles. The predicted molar refractivity (Wildman–Crippen MR) is 54.9 cm³/mol. The Hall–Kier alpha value is -0.120. The van der Waals surface area contributed by atoms with Crippen LogP contribution in [0.25, 0.3) is 0 Å². The van der Waals surface area contributed by atoms with Crippen molar-refractivity contribution in [2.75, 3.05) is 19.7 Å². The summed E-state index contributed by atoms with van der Waals surface area (Å²) in [5, 5.41) is 12.8. The maximum absolute atomic E-state index is 9.63. The van der Waals surface area contributed by atoms with Crippen molar-refractivity contribution in [2.24, 2.45) is 0 Å². The van der Waals surface area contributed by atoms with Gasteiger partial charge < -0.3 is 15.2 Å². The van der Waals surface area contributed by atoms with Crippen LogP contribution >= 0.6 is 0 Å². The first-order chi connectivity index (χ1) is 5.98. The Morgan fingerprint density at radius 3 is 2.54 bits per heavy atom. The summed E-state index contributed by atoms with van der Waals surface area (Å²) in [6.07, 6.45) is 1.05. The molecule has 2 N–H and O–H groups in total. The predicted octanol–water partition coefficient (Wildman–Crippen LogP) is 1.16. The monoisotopic (exact) mass is 189 g/mol. The molecule has 0 amide bonds. The molecular weight excluding hydrogens is 166 g/mol. The van der Waals surface area contributed by atoms with Crippen molar-refractivity contribution < 1.29 is 9.84 Å². The number of hydrogen-bond acceptors (Lipinski definition) is 3. The maximum atomic E-state index is 9.63. The summed E-state index contributed by atoms with van der Waals surface area (Å²) >= 11 is 0. The van der Waals surface area contributed by atoms with Crippen molar-refractivity contribution in [3.63, 3.8) is 0 Å². The number of rotatable bonds is 7. The Balaban J connectivity index is 3.26. The van der Waals surface area contributed by atoms with E-state index in [4.69, 9.17) is 4.74 Å². The Morgan fingerprint density at radius 2 is 2.08 bits per heavy atom. The molecule has 0 aliphatic heterocycles. The number of nitrogens with one attached hydrogen (secondary N) is 1. The van der Waals surface area contributed by atoms with E-state index in [2.05, 4.69) is 5.32 Å². The Kier molecular flexibility index (Phi) is 6.29. The molecule has 0 aromatic heterocycles. The third kappa shape index (κ3) is 8.22. The normalized spacial score (nSPS) is 16.2. The SMILES string of the molecule is CCC(C)(O)CNCCOC(C)C. The van der Waals surface area contributed by atoms with Crippen LogP contribution in [0.2, 0.25) is 0 Å². The molecule has 3 nitrogen and oxygen atoms in total. The highest BCUT2D eigenvalue weighted by Gasteiger charge is 2.15. The number of hydrogen-bond donors (Lipinski definition) is 2. The number of aliphatic hydroxyl groups is 1. The zero-order valence-corrected chi connectivity index (χ0v) is 9.26. The molecule has 0 radical (unpaired) electrons. The Labute approximate surface area is 81.5 Å². The average molecular weight is 189 g/mol. The Morgan fingerprint density at radius 1 is 1.46 bits per heavy atom. The molecule has 0 bridgehead atoms. The molecule has 1 unspecified atom stereocenters. The lowest BCUT2D eigenvalue weighted by atomic mass is 10.0. The van der Waals surface area contributed by atoms with Crippen molar-refractivity contribution in [1.29, 1.82) is 0 Å². The van der Waals surface area contributed by atoms with Gasteiger partial charge in [-0.1, -0.05) is 6.92 Å². The first-order valence-corrected chi connectivity index (χ1v) is 5.02. The van der Waals surface area contributed by atoms with Gasteiger partial charge in [-0.25, -0.2) is 0 Å². The first-order valence-electron chi connectivity index (χ1n) is 5.02. The van der Waals surface area contributed by atoms with Gasteiger partial charge in [0.1, 0.15) is 0 Å². The molecule has 0 fully saturated rings. The molecule has 0 aromatic rings. The molecule has 0 rings (SSSR count). The van der Waals surface area contributed by atoms with Crippen LogP contribution in [0.3, 0.4) is 0 Å².